The molecule has 1 atom stereocenters. The van der Waals surface area contributed by atoms with Gasteiger partial charge >= 0.3 is 0 Å². The molecule has 0 saturated heterocycles. The summed E-state index contributed by atoms with van der Waals surface area (Å²) in [5.41, 5.74) is 2.21. The lowest BCUT2D eigenvalue weighted by Crippen LogP contribution is -2.38. The highest BCUT2D eigenvalue weighted by Gasteiger charge is 2.12. The van der Waals surface area contributed by atoms with Crippen molar-refractivity contribution >= 4 is 28.1 Å². The molecular weight excluding hydrogens is 384 g/mol. The predicted molar refractivity (Wildman–Crippen MR) is 120 cm³/mol. The van der Waals surface area contributed by atoms with Crippen LogP contribution in [0.3, 0.4) is 0 Å². The smallest absolute Gasteiger partial charge is 0.194 e. The van der Waals surface area contributed by atoms with Gasteiger partial charge in [0.15, 0.2) is 5.96 Å². The van der Waals surface area contributed by atoms with Crippen LogP contribution in [0.1, 0.15) is 29.3 Å². The molecule has 0 amide bonds. The standard InChI is InChI=1S/C22H28N4O2S/c1-15(27-4)21-25-19(14-29-21)13-26(3)22(23-2)24-12-16-6-7-18-11-20(28-5)9-8-17(18)10-16/h6-11,14-15H,12-13H2,1-5H3,(H,23,24). The number of methoxy groups -OCH3 is 2. The first kappa shape index (κ1) is 21.1. The molecule has 0 bridgehead atoms. The highest BCUT2D eigenvalue weighted by molar-refractivity contribution is 7.09. The van der Waals surface area contributed by atoms with Crippen LogP contribution >= 0.6 is 11.3 Å². The van der Waals surface area contributed by atoms with Crippen LogP contribution in [0.2, 0.25) is 0 Å². The Hall–Kier alpha value is -2.64. The molecule has 0 fully saturated rings. The first-order chi connectivity index (χ1) is 14.0. The van der Waals surface area contributed by atoms with E-state index in [1.165, 1.54) is 16.3 Å². The fourth-order valence-electron chi connectivity index (χ4n) is 3.08. The first-order valence-electron chi connectivity index (χ1n) is 9.49. The van der Waals surface area contributed by atoms with Gasteiger partial charge in [0, 0.05) is 33.1 Å². The van der Waals surface area contributed by atoms with E-state index in [0.717, 1.165) is 22.4 Å². The number of hydrogen-bond donors (Lipinski definition) is 1. The van der Waals surface area contributed by atoms with E-state index in [1.54, 1.807) is 32.6 Å². The second kappa shape index (κ2) is 9.71. The fourth-order valence-corrected chi connectivity index (χ4v) is 3.92. The summed E-state index contributed by atoms with van der Waals surface area (Å²) >= 11 is 1.63. The topological polar surface area (TPSA) is 59.0 Å². The van der Waals surface area contributed by atoms with Crippen LogP contribution in [0.4, 0.5) is 0 Å². The Morgan fingerprint density at radius 3 is 2.69 bits per heavy atom. The third kappa shape index (κ3) is 5.25. The van der Waals surface area contributed by atoms with Crippen molar-refractivity contribution in [2.24, 2.45) is 4.99 Å². The molecule has 0 aliphatic carbocycles. The van der Waals surface area contributed by atoms with Crippen molar-refractivity contribution in [2.75, 3.05) is 28.3 Å². The van der Waals surface area contributed by atoms with E-state index in [-0.39, 0.29) is 6.10 Å². The molecular formula is C22H28N4O2S. The average Bonchev–Trinajstić information content (AvgIpc) is 3.21. The minimum Gasteiger partial charge on any atom is -0.497 e. The molecule has 3 rings (SSSR count). The molecule has 1 heterocycles. The number of aliphatic imine (C=N–C) groups is 1. The van der Waals surface area contributed by atoms with Crippen LogP contribution in [0.15, 0.2) is 46.8 Å². The van der Waals surface area contributed by atoms with Crippen LogP contribution < -0.4 is 10.1 Å². The van der Waals surface area contributed by atoms with Crippen molar-refractivity contribution in [3.05, 3.63) is 58.0 Å². The van der Waals surface area contributed by atoms with Crippen molar-refractivity contribution in [2.45, 2.75) is 26.1 Å². The Labute approximate surface area is 176 Å². The van der Waals surface area contributed by atoms with Gasteiger partial charge in [-0.05, 0) is 41.5 Å². The molecule has 2 aromatic carbocycles. The largest absolute Gasteiger partial charge is 0.497 e. The molecule has 7 heteroatoms. The van der Waals surface area contributed by atoms with Gasteiger partial charge in [-0.2, -0.15) is 0 Å². The van der Waals surface area contributed by atoms with Gasteiger partial charge in [-0.15, -0.1) is 11.3 Å². The second-order valence-electron chi connectivity index (χ2n) is 6.86. The molecule has 3 aromatic rings. The van der Waals surface area contributed by atoms with Crippen molar-refractivity contribution in [1.29, 1.82) is 0 Å². The maximum atomic E-state index is 5.35. The van der Waals surface area contributed by atoms with E-state index in [1.807, 2.05) is 26.1 Å². The van der Waals surface area contributed by atoms with E-state index in [4.69, 9.17) is 9.47 Å². The van der Waals surface area contributed by atoms with Crippen LogP contribution in [-0.2, 0) is 17.8 Å². The third-order valence-electron chi connectivity index (χ3n) is 4.81. The number of nitrogens with one attached hydrogen (secondary N) is 1. The molecule has 0 aliphatic rings. The molecule has 1 unspecified atom stereocenters. The summed E-state index contributed by atoms with van der Waals surface area (Å²) < 4.78 is 10.6. The average molecular weight is 413 g/mol. The maximum absolute atomic E-state index is 5.35. The molecule has 0 aliphatic heterocycles. The van der Waals surface area contributed by atoms with E-state index in [0.29, 0.717) is 13.1 Å². The Morgan fingerprint density at radius 1 is 1.21 bits per heavy atom. The number of rotatable bonds is 7. The number of thiazole rings is 1. The molecule has 154 valence electrons. The minimum absolute atomic E-state index is 0.0179. The number of fused-ring (bicyclic) bond motifs is 1. The fraction of sp³-hybridized carbons (Fsp3) is 0.364. The van der Waals surface area contributed by atoms with Crippen LogP contribution in [0.5, 0.6) is 5.75 Å². The summed E-state index contributed by atoms with van der Waals surface area (Å²) in [5.74, 6) is 1.70. The second-order valence-corrected chi connectivity index (χ2v) is 7.75. The highest BCUT2D eigenvalue weighted by atomic mass is 32.1. The molecule has 29 heavy (non-hydrogen) atoms. The maximum Gasteiger partial charge on any atom is 0.194 e. The van der Waals surface area contributed by atoms with Crippen molar-refractivity contribution in [3.63, 3.8) is 0 Å². The highest BCUT2D eigenvalue weighted by Crippen LogP contribution is 2.22. The number of nitrogens with zero attached hydrogens (tertiary/aromatic N) is 3. The minimum atomic E-state index is 0.0179. The first-order valence-corrected chi connectivity index (χ1v) is 10.4. The Bertz CT molecular complexity index is 986. The molecule has 1 N–H and O–H groups in total. The lowest BCUT2D eigenvalue weighted by atomic mass is 10.1. The third-order valence-corrected chi connectivity index (χ3v) is 5.86. The van der Waals surface area contributed by atoms with Gasteiger partial charge in [0.2, 0.25) is 0 Å². The summed E-state index contributed by atoms with van der Waals surface area (Å²) in [6.45, 7) is 3.39. The van der Waals surface area contributed by atoms with Crippen molar-refractivity contribution < 1.29 is 9.47 Å². The van der Waals surface area contributed by atoms with Gasteiger partial charge in [-0.1, -0.05) is 18.2 Å². The molecule has 1 aromatic heterocycles. The molecule has 0 spiro atoms. The number of guanidine groups is 1. The Balaban J connectivity index is 1.62. The van der Waals surface area contributed by atoms with Crippen LogP contribution in [-0.4, -0.2) is 44.2 Å². The lowest BCUT2D eigenvalue weighted by Gasteiger charge is -2.21. The molecule has 6 nitrogen and oxygen atoms in total. The van der Waals surface area contributed by atoms with Gasteiger partial charge in [0.05, 0.1) is 19.3 Å². The lowest BCUT2D eigenvalue weighted by molar-refractivity contribution is 0.119. The number of ether oxygens (including phenoxy) is 2. The number of benzene rings is 2. The van der Waals surface area contributed by atoms with Gasteiger partial charge in [0.25, 0.3) is 0 Å². The summed E-state index contributed by atoms with van der Waals surface area (Å²) in [4.78, 5) is 11.1. The number of hydrogen-bond acceptors (Lipinski definition) is 5. The molecule has 0 saturated carbocycles. The van der Waals surface area contributed by atoms with Gasteiger partial charge in [-0.3, -0.25) is 4.99 Å². The number of aromatic nitrogens is 1. The normalized spacial score (nSPS) is 12.8. The summed E-state index contributed by atoms with van der Waals surface area (Å²) in [6.07, 6.45) is 0.0179. The van der Waals surface area contributed by atoms with Crippen LogP contribution in [0.25, 0.3) is 10.8 Å². The van der Waals surface area contributed by atoms with Gasteiger partial charge < -0.3 is 19.7 Å². The summed E-state index contributed by atoms with van der Waals surface area (Å²) in [7, 11) is 7.20. The van der Waals surface area contributed by atoms with Crippen molar-refractivity contribution in [1.82, 2.24) is 15.2 Å². The zero-order chi connectivity index (χ0) is 20.8. The quantitative estimate of drug-likeness (QED) is 0.465. The molecule has 0 radical (unpaired) electrons. The zero-order valence-corrected chi connectivity index (χ0v) is 18.4. The van der Waals surface area contributed by atoms with E-state index >= 15 is 0 Å². The summed E-state index contributed by atoms with van der Waals surface area (Å²) in [5, 5.41) is 8.86. The predicted octanol–water partition coefficient (Wildman–Crippen LogP) is 4.22. The van der Waals surface area contributed by atoms with Crippen molar-refractivity contribution in [3.8, 4) is 5.75 Å². The Morgan fingerprint density at radius 2 is 1.97 bits per heavy atom. The van der Waals surface area contributed by atoms with E-state index in [2.05, 4.69) is 49.8 Å². The SMILES string of the molecule is CN=C(NCc1ccc2cc(OC)ccc2c1)N(C)Cc1csc(C(C)OC)n1. The van der Waals surface area contributed by atoms with Gasteiger partial charge in [-0.25, -0.2) is 4.98 Å². The van der Waals surface area contributed by atoms with E-state index < -0.39 is 0 Å². The zero-order valence-electron chi connectivity index (χ0n) is 17.6. The van der Waals surface area contributed by atoms with E-state index in [9.17, 15) is 0 Å². The van der Waals surface area contributed by atoms with Gasteiger partial charge in [0.1, 0.15) is 16.9 Å². The summed E-state index contributed by atoms with van der Waals surface area (Å²) in [6, 6.07) is 12.5. The monoisotopic (exact) mass is 412 g/mol. The van der Waals surface area contributed by atoms with Crippen LogP contribution in [0, 0.1) is 0 Å². The Kier molecular flexibility index (Phi) is 7.06.